The number of aromatic nitrogens is 2. The number of esters is 1. The van der Waals surface area contributed by atoms with E-state index < -0.39 is 23.3 Å². The SMILES string of the molecule is CCOC(=O)CC(O)Cn1c(=O)ccn(CC)c1=O. The molecule has 0 spiro atoms. The predicted octanol–water partition coefficient (Wildman–Crippen LogP) is -0.656. The van der Waals surface area contributed by atoms with Crippen LogP contribution in [-0.2, 0) is 22.6 Å². The van der Waals surface area contributed by atoms with Gasteiger partial charge in [-0.15, -0.1) is 0 Å². The Morgan fingerprint density at radius 2 is 2.11 bits per heavy atom. The zero-order valence-electron chi connectivity index (χ0n) is 11.0. The number of aliphatic hydroxyl groups excluding tert-OH is 1. The summed E-state index contributed by atoms with van der Waals surface area (Å²) < 4.78 is 6.94. The number of nitrogens with zero attached hydrogens (tertiary/aromatic N) is 2. The van der Waals surface area contributed by atoms with E-state index in [0.29, 0.717) is 6.54 Å². The van der Waals surface area contributed by atoms with E-state index in [1.165, 1.54) is 16.8 Å². The van der Waals surface area contributed by atoms with E-state index in [9.17, 15) is 19.5 Å². The molecule has 0 bridgehead atoms. The molecule has 0 saturated heterocycles. The van der Waals surface area contributed by atoms with E-state index >= 15 is 0 Å². The van der Waals surface area contributed by atoms with Crippen LogP contribution in [0.1, 0.15) is 20.3 Å². The van der Waals surface area contributed by atoms with Gasteiger partial charge in [0, 0.05) is 18.8 Å². The molecule has 0 aliphatic carbocycles. The normalized spacial score (nSPS) is 12.2. The van der Waals surface area contributed by atoms with Crippen molar-refractivity contribution in [2.24, 2.45) is 0 Å². The highest BCUT2D eigenvalue weighted by atomic mass is 16.5. The molecule has 19 heavy (non-hydrogen) atoms. The van der Waals surface area contributed by atoms with Gasteiger partial charge in [-0.25, -0.2) is 4.79 Å². The van der Waals surface area contributed by atoms with Crippen LogP contribution in [0.4, 0.5) is 0 Å². The van der Waals surface area contributed by atoms with Gasteiger partial charge in [0.1, 0.15) is 0 Å². The van der Waals surface area contributed by atoms with E-state index in [2.05, 4.69) is 4.74 Å². The van der Waals surface area contributed by atoms with Crippen LogP contribution in [0.15, 0.2) is 21.9 Å². The van der Waals surface area contributed by atoms with Crippen LogP contribution in [0, 0.1) is 0 Å². The Balaban J connectivity index is 2.85. The van der Waals surface area contributed by atoms with Gasteiger partial charge in [0.05, 0.1) is 25.7 Å². The number of rotatable bonds is 6. The minimum absolute atomic E-state index is 0.222. The first-order valence-electron chi connectivity index (χ1n) is 6.13. The smallest absolute Gasteiger partial charge is 0.331 e. The predicted molar refractivity (Wildman–Crippen MR) is 67.9 cm³/mol. The number of hydrogen-bond acceptors (Lipinski definition) is 5. The summed E-state index contributed by atoms with van der Waals surface area (Å²) >= 11 is 0. The van der Waals surface area contributed by atoms with Crippen LogP contribution in [0.3, 0.4) is 0 Å². The van der Waals surface area contributed by atoms with Gasteiger partial charge in [-0.05, 0) is 13.8 Å². The summed E-state index contributed by atoms with van der Waals surface area (Å²) in [6.45, 7) is 3.85. The fourth-order valence-electron chi connectivity index (χ4n) is 1.65. The molecule has 1 unspecified atom stereocenters. The van der Waals surface area contributed by atoms with Crippen LogP contribution >= 0.6 is 0 Å². The Labute approximate surface area is 110 Å². The summed E-state index contributed by atoms with van der Waals surface area (Å²) in [4.78, 5) is 34.6. The van der Waals surface area contributed by atoms with E-state index in [0.717, 1.165) is 4.57 Å². The van der Waals surface area contributed by atoms with Gasteiger partial charge in [-0.1, -0.05) is 0 Å². The minimum Gasteiger partial charge on any atom is -0.466 e. The van der Waals surface area contributed by atoms with Crippen molar-refractivity contribution in [3.8, 4) is 0 Å². The lowest BCUT2D eigenvalue weighted by atomic mass is 10.2. The van der Waals surface area contributed by atoms with Crippen LogP contribution in [-0.4, -0.2) is 32.9 Å². The van der Waals surface area contributed by atoms with Gasteiger partial charge in [-0.2, -0.15) is 0 Å². The second kappa shape index (κ2) is 6.89. The Bertz CT molecular complexity index is 546. The van der Waals surface area contributed by atoms with Gasteiger partial charge in [0.2, 0.25) is 0 Å². The highest BCUT2D eigenvalue weighted by molar-refractivity contribution is 5.69. The lowest BCUT2D eigenvalue weighted by Gasteiger charge is -2.12. The lowest BCUT2D eigenvalue weighted by molar-refractivity contribution is -0.145. The number of aryl methyl sites for hydroxylation is 1. The van der Waals surface area contributed by atoms with Crippen molar-refractivity contribution in [3.63, 3.8) is 0 Å². The molecule has 1 atom stereocenters. The van der Waals surface area contributed by atoms with Crippen molar-refractivity contribution in [1.82, 2.24) is 9.13 Å². The maximum absolute atomic E-state index is 11.9. The molecule has 1 aromatic rings. The maximum Gasteiger partial charge on any atom is 0.331 e. The zero-order valence-corrected chi connectivity index (χ0v) is 11.0. The zero-order chi connectivity index (χ0) is 14.4. The van der Waals surface area contributed by atoms with Gasteiger partial charge in [-0.3, -0.25) is 14.2 Å². The second-order valence-corrected chi connectivity index (χ2v) is 4.00. The molecule has 1 aromatic heterocycles. The summed E-state index contributed by atoms with van der Waals surface area (Å²) in [6, 6.07) is 1.25. The number of ether oxygens (including phenoxy) is 1. The van der Waals surface area contributed by atoms with Crippen molar-refractivity contribution < 1.29 is 14.6 Å². The summed E-state index contributed by atoms with van der Waals surface area (Å²) in [5.41, 5.74) is -1.00. The molecule has 1 N–H and O–H groups in total. The van der Waals surface area contributed by atoms with Gasteiger partial charge in [0.25, 0.3) is 5.56 Å². The molecule has 0 aromatic carbocycles. The Hall–Kier alpha value is -1.89. The largest absolute Gasteiger partial charge is 0.466 e. The third-order valence-corrected chi connectivity index (χ3v) is 2.58. The lowest BCUT2D eigenvalue weighted by Crippen LogP contribution is -2.41. The van der Waals surface area contributed by atoms with Crippen molar-refractivity contribution in [2.45, 2.75) is 39.5 Å². The monoisotopic (exact) mass is 270 g/mol. The molecule has 0 radical (unpaired) electrons. The molecule has 106 valence electrons. The van der Waals surface area contributed by atoms with E-state index in [4.69, 9.17) is 0 Å². The molecule has 0 aliphatic rings. The van der Waals surface area contributed by atoms with E-state index in [1.54, 1.807) is 13.8 Å². The highest BCUT2D eigenvalue weighted by Crippen LogP contribution is 1.96. The summed E-state index contributed by atoms with van der Waals surface area (Å²) in [6.07, 6.45) is 0.0248. The van der Waals surface area contributed by atoms with Crippen molar-refractivity contribution in [2.75, 3.05) is 6.61 Å². The Kier molecular flexibility index (Phi) is 5.50. The van der Waals surface area contributed by atoms with E-state index in [-0.39, 0.29) is 19.6 Å². The van der Waals surface area contributed by atoms with Crippen LogP contribution in [0.25, 0.3) is 0 Å². The highest BCUT2D eigenvalue weighted by Gasteiger charge is 2.15. The molecule has 7 heteroatoms. The molecule has 1 heterocycles. The third-order valence-electron chi connectivity index (χ3n) is 2.58. The summed E-state index contributed by atoms with van der Waals surface area (Å²) in [7, 11) is 0. The summed E-state index contributed by atoms with van der Waals surface area (Å²) in [5.74, 6) is -0.560. The molecule has 7 nitrogen and oxygen atoms in total. The van der Waals surface area contributed by atoms with Crippen molar-refractivity contribution in [1.29, 1.82) is 0 Å². The summed E-state index contributed by atoms with van der Waals surface area (Å²) in [5, 5.41) is 9.70. The van der Waals surface area contributed by atoms with Crippen LogP contribution < -0.4 is 11.2 Å². The minimum atomic E-state index is -1.13. The topological polar surface area (TPSA) is 90.5 Å². The van der Waals surface area contributed by atoms with Crippen LogP contribution in [0.5, 0.6) is 0 Å². The first-order valence-corrected chi connectivity index (χ1v) is 6.13. The Morgan fingerprint density at radius 1 is 1.42 bits per heavy atom. The molecule has 0 amide bonds. The van der Waals surface area contributed by atoms with Crippen molar-refractivity contribution in [3.05, 3.63) is 33.1 Å². The average Bonchev–Trinajstić information content (AvgIpc) is 2.35. The van der Waals surface area contributed by atoms with E-state index in [1.807, 2.05) is 0 Å². The molecule has 0 saturated carbocycles. The fourth-order valence-corrected chi connectivity index (χ4v) is 1.65. The molecular formula is C12H18N2O5. The average molecular weight is 270 g/mol. The second-order valence-electron chi connectivity index (χ2n) is 4.00. The third kappa shape index (κ3) is 4.06. The fraction of sp³-hybridized carbons (Fsp3) is 0.583. The van der Waals surface area contributed by atoms with Crippen molar-refractivity contribution >= 4 is 5.97 Å². The number of carbonyl (C=O) groups is 1. The number of aliphatic hydroxyl groups is 1. The first kappa shape index (κ1) is 15.2. The van der Waals surface area contributed by atoms with Crippen LogP contribution in [0.2, 0.25) is 0 Å². The molecular weight excluding hydrogens is 252 g/mol. The maximum atomic E-state index is 11.9. The molecule has 0 fully saturated rings. The number of hydrogen-bond donors (Lipinski definition) is 1. The van der Waals surface area contributed by atoms with Gasteiger partial charge >= 0.3 is 11.7 Å². The number of carbonyl (C=O) groups excluding carboxylic acids is 1. The first-order chi connectivity index (χ1) is 8.99. The molecule has 0 aliphatic heterocycles. The molecule has 1 rings (SSSR count). The standard InChI is InChI=1S/C12H18N2O5/c1-3-13-6-5-10(16)14(12(13)18)8-9(15)7-11(17)19-4-2/h5-6,9,15H,3-4,7-8H2,1-2H3. The van der Waals surface area contributed by atoms with Gasteiger partial charge < -0.3 is 14.4 Å². The van der Waals surface area contributed by atoms with Gasteiger partial charge in [0.15, 0.2) is 0 Å². The quantitative estimate of drug-likeness (QED) is 0.693. The Morgan fingerprint density at radius 3 is 2.68 bits per heavy atom.